The van der Waals surface area contributed by atoms with E-state index < -0.39 is 0 Å². The number of para-hydroxylation sites is 3. The number of aromatic nitrogens is 4. The van der Waals surface area contributed by atoms with Gasteiger partial charge in [0.1, 0.15) is 0 Å². The fraction of sp³-hybridized carbons (Fsp3) is 0.143. The molecule has 3 heterocycles. The van der Waals surface area contributed by atoms with Gasteiger partial charge in [-0.25, -0.2) is 0 Å². The number of fused-ring (bicyclic) bond motifs is 5. The molecule has 0 atom stereocenters. The molecular formula is C63H50N4OPt-2. The van der Waals surface area contributed by atoms with E-state index in [2.05, 4.69) is 237 Å². The van der Waals surface area contributed by atoms with Gasteiger partial charge in [-0.3, -0.25) is 0 Å². The first kappa shape index (κ1) is 43.0. The number of pyridine rings is 1. The molecule has 6 heteroatoms. The summed E-state index contributed by atoms with van der Waals surface area (Å²) in [6.45, 7) is 8.91. The average molecular weight is 1070 g/mol. The summed E-state index contributed by atoms with van der Waals surface area (Å²) in [6.07, 6.45) is 6.55. The summed E-state index contributed by atoms with van der Waals surface area (Å²) >= 11 is 2.53. The van der Waals surface area contributed by atoms with Crippen LogP contribution in [-0.4, -0.2) is 18.7 Å². The van der Waals surface area contributed by atoms with E-state index in [1.54, 1.807) is 0 Å². The molecule has 0 fully saturated rings. The zero-order chi connectivity index (χ0) is 46.8. The zero-order valence-electron chi connectivity index (χ0n) is 39.2. The summed E-state index contributed by atoms with van der Waals surface area (Å²) in [4.78, 5) is 5.10. The van der Waals surface area contributed by atoms with Crippen LogP contribution in [0.2, 0.25) is 0 Å². The molecule has 12 rings (SSSR count). The van der Waals surface area contributed by atoms with Crippen LogP contribution in [0, 0.1) is 22.9 Å². The predicted octanol–water partition coefficient (Wildman–Crippen LogP) is 15.9. The Balaban J connectivity index is 0.964. The molecule has 1 aliphatic rings. The van der Waals surface area contributed by atoms with E-state index in [-0.39, 0.29) is 5.41 Å². The monoisotopic (exact) mass is 1070 g/mol. The zero-order valence-corrected chi connectivity index (χ0v) is 41.4. The molecule has 0 saturated carbocycles. The smallest absolute Gasteiger partial charge is 0.0579 e. The van der Waals surface area contributed by atoms with Crippen LogP contribution in [0.3, 0.4) is 0 Å². The first-order valence-electron chi connectivity index (χ1n) is 23.9. The Morgan fingerprint density at radius 2 is 1.22 bits per heavy atom. The summed E-state index contributed by atoms with van der Waals surface area (Å²) in [7, 11) is 0. The van der Waals surface area contributed by atoms with Gasteiger partial charge in [-0.1, -0.05) is 57.2 Å². The van der Waals surface area contributed by atoms with Crippen molar-refractivity contribution < 1.29 is 24.1 Å². The van der Waals surface area contributed by atoms with Crippen molar-refractivity contribution in [1.29, 1.82) is 0 Å². The number of imidazole rings is 1. The summed E-state index contributed by atoms with van der Waals surface area (Å²) in [6, 6.07) is 70.4. The fourth-order valence-electron chi connectivity index (χ4n) is 10.5. The molecule has 0 bridgehead atoms. The maximum absolute atomic E-state index is 6.76. The van der Waals surface area contributed by atoms with Crippen LogP contribution >= 0.6 is 0 Å². The summed E-state index contributed by atoms with van der Waals surface area (Å²) in [5.74, 6) is 2.04. The molecule has 0 amide bonds. The van der Waals surface area contributed by atoms with Gasteiger partial charge in [0, 0.05) is 11.8 Å². The Labute approximate surface area is 414 Å². The molecule has 0 aliphatic heterocycles. The Kier molecular flexibility index (Phi) is 10.8. The summed E-state index contributed by atoms with van der Waals surface area (Å²) in [5.41, 5.74) is 19.0. The molecule has 0 unspecified atom stereocenters. The molecule has 3 aromatic heterocycles. The number of benzene rings is 8. The van der Waals surface area contributed by atoms with Crippen LogP contribution in [0.15, 0.2) is 182 Å². The predicted molar refractivity (Wildman–Crippen MR) is 279 cm³/mol. The van der Waals surface area contributed by atoms with E-state index in [4.69, 9.17) is 9.72 Å². The second-order valence-electron chi connectivity index (χ2n) is 19.3. The van der Waals surface area contributed by atoms with Gasteiger partial charge in [-0.2, -0.15) is 0 Å². The van der Waals surface area contributed by atoms with Crippen LogP contribution in [0.25, 0.3) is 83.4 Å². The topological polar surface area (TPSA) is 36.9 Å². The van der Waals surface area contributed by atoms with Gasteiger partial charge in [0.05, 0.1) is 0 Å². The number of ether oxygens (including phenoxy) is 1. The Morgan fingerprint density at radius 1 is 0.565 bits per heavy atom. The minimum absolute atomic E-state index is 0.0924. The second-order valence-corrected chi connectivity index (χ2v) is 20.3. The van der Waals surface area contributed by atoms with Crippen molar-refractivity contribution in [2.45, 2.75) is 58.8 Å². The van der Waals surface area contributed by atoms with Crippen molar-refractivity contribution in [3.05, 3.63) is 220 Å². The van der Waals surface area contributed by atoms with E-state index in [1.807, 2.05) is 18.3 Å². The average Bonchev–Trinajstić information content (AvgIpc) is 3.86. The molecular weight excluding hydrogens is 1020 g/mol. The molecule has 0 spiro atoms. The number of aryl methyl sites for hydroxylation is 2. The third-order valence-electron chi connectivity index (χ3n) is 13.9. The number of hydrogen-bond acceptors (Lipinski definition) is 2. The van der Waals surface area contributed by atoms with Crippen molar-refractivity contribution in [2.75, 3.05) is 0 Å². The molecule has 340 valence electrons. The van der Waals surface area contributed by atoms with Crippen LogP contribution in [0.5, 0.6) is 11.5 Å². The van der Waals surface area contributed by atoms with Crippen molar-refractivity contribution >= 4 is 32.8 Å². The van der Waals surface area contributed by atoms with E-state index in [0.29, 0.717) is 11.5 Å². The Morgan fingerprint density at radius 3 is 1.96 bits per heavy atom. The molecule has 1 aliphatic carbocycles. The second kappa shape index (κ2) is 17.3. The van der Waals surface area contributed by atoms with Gasteiger partial charge in [-0.05, 0) is 29.0 Å². The minimum atomic E-state index is 0.0924. The van der Waals surface area contributed by atoms with E-state index in [1.165, 1.54) is 57.5 Å². The maximum atomic E-state index is 6.76. The first-order valence-corrected chi connectivity index (χ1v) is 25.0. The van der Waals surface area contributed by atoms with Crippen molar-refractivity contribution in [1.82, 2.24) is 18.7 Å². The van der Waals surface area contributed by atoms with Gasteiger partial charge in [0.2, 0.25) is 0 Å². The molecule has 5 nitrogen and oxygen atoms in total. The standard InChI is InChI=1S/C63H50N4O.Pt/c1-42-36-60(64-40-55(42)44-30-32-47(33-31-44)63(2,3)4)67-56-27-14-13-26-52(56)53-35-34-50(39-59(53)67)68-49-24-17-23-48(38-49)65-41-66(58-29-16-15-28-57(58)65)62-54(43-18-7-5-8-19-43)37-46-22-11-12-25-51(46)61(62)45-20-9-6-10-21-45;/h5-10,13-21,23-24,26-37,40H,11-12,22,25H2,1-4H3;/q-2;. The van der Waals surface area contributed by atoms with Gasteiger partial charge >= 0.3 is 319 Å². The SMILES string of the molecule is Cc1cc(-n2c3[c-]c(Oc4[c-]c(-n5[c](=[Pt])n(-c6c(-c7ccccc7)cc7c(c6-c6ccccc6)CCCC7)c6ccccc65)ccc4)ccc3c3ccccc32)ncc1-c1ccc(C(C)(C)C)cc1. The van der Waals surface area contributed by atoms with Gasteiger partial charge in [-0.15, -0.1) is 0 Å². The summed E-state index contributed by atoms with van der Waals surface area (Å²) in [5, 5.41) is 2.22. The fourth-order valence-corrected chi connectivity index (χ4v) is 11.5. The number of hydrogen-bond donors (Lipinski definition) is 0. The molecule has 0 radical (unpaired) electrons. The normalized spacial score (nSPS) is 12.8. The van der Waals surface area contributed by atoms with Crippen molar-refractivity contribution in [3.8, 4) is 62.1 Å². The quantitative estimate of drug-likeness (QED) is 0.142. The van der Waals surface area contributed by atoms with Gasteiger partial charge in [0.25, 0.3) is 0 Å². The third-order valence-corrected chi connectivity index (χ3v) is 14.9. The van der Waals surface area contributed by atoms with E-state index in [9.17, 15) is 0 Å². The molecule has 11 aromatic rings. The molecule has 8 aromatic carbocycles. The number of nitrogens with zero attached hydrogens (tertiary/aromatic N) is 4. The van der Waals surface area contributed by atoms with Crippen LogP contribution in [-0.2, 0) is 37.6 Å². The Hall–Kier alpha value is -7.33. The molecule has 69 heavy (non-hydrogen) atoms. The van der Waals surface area contributed by atoms with Gasteiger partial charge in [0.15, 0.2) is 0 Å². The Bertz CT molecular complexity index is 3820. The van der Waals surface area contributed by atoms with Crippen molar-refractivity contribution in [2.24, 2.45) is 0 Å². The van der Waals surface area contributed by atoms with E-state index in [0.717, 1.165) is 77.7 Å². The molecule has 0 N–H and O–H groups in total. The summed E-state index contributed by atoms with van der Waals surface area (Å²) < 4.78 is 14.8. The third kappa shape index (κ3) is 7.61. The van der Waals surface area contributed by atoms with Crippen LogP contribution in [0.4, 0.5) is 0 Å². The van der Waals surface area contributed by atoms with Gasteiger partial charge < -0.3 is 0 Å². The number of rotatable bonds is 8. The van der Waals surface area contributed by atoms with Crippen LogP contribution < -0.4 is 4.74 Å². The van der Waals surface area contributed by atoms with E-state index >= 15 is 0 Å². The van der Waals surface area contributed by atoms with Crippen LogP contribution in [0.1, 0.15) is 55.9 Å². The minimum Gasteiger partial charge on any atom is -0.0579 e. The molecule has 0 saturated heterocycles. The van der Waals surface area contributed by atoms with Crippen molar-refractivity contribution in [3.63, 3.8) is 0 Å². The first-order chi connectivity index (χ1) is 33.7.